The third kappa shape index (κ3) is 3.96. The van der Waals surface area contributed by atoms with E-state index in [0.717, 1.165) is 10.7 Å². The molecule has 0 radical (unpaired) electrons. The largest absolute Gasteiger partial charge is 0.493 e. The fraction of sp³-hybridized carbons (Fsp3) is 0.333. The summed E-state index contributed by atoms with van der Waals surface area (Å²) in [5.41, 5.74) is 7.12. The fourth-order valence-corrected chi connectivity index (χ4v) is 2.67. The zero-order valence-corrected chi connectivity index (χ0v) is 13.6. The first-order valence-electron chi connectivity index (χ1n) is 6.75. The number of nitrogens with one attached hydrogen (secondary N) is 1. The molecule has 3 N–H and O–H groups in total. The average molecular weight is 321 g/mol. The number of thiazole rings is 1. The van der Waals surface area contributed by atoms with Crippen molar-refractivity contribution in [3.8, 4) is 11.5 Å². The van der Waals surface area contributed by atoms with Crippen molar-refractivity contribution in [3.05, 3.63) is 34.3 Å². The maximum absolute atomic E-state index is 12.1. The molecule has 0 aliphatic heterocycles. The van der Waals surface area contributed by atoms with Gasteiger partial charge in [-0.1, -0.05) is 0 Å². The Morgan fingerprint density at radius 2 is 2.09 bits per heavy atom. The smallest absolute Gasteiger partial charge is 0.230 e. The van der Waals surface area contributed by atoms with Crippen LogP contribution in [0.1, 0.15) is 23.7 Å². The number of methoxy groups -OCH3 is 2. The second-order valence-corrected chi connectivity index (χ2v) is 5.65. The third-order valence-electron chi connectivity index (χ3n) is 2.97. The first-order chi connectivity index (χ1) is 10.5. The van der Waals surface area contributed by atoms with Crippen LogP contribution in [-0.4, -0.2) is 25.1 Å². The molecule has 1 heterocycles. The molecule has 1 aromatic heterocycles. The zero-order valence-electron chi connectivity index (χ0n) is 12.8. The Bertz CT molecular complexity index is 655. The number of benzene rings is 1. The van der Waals surface area contributed by atoms with Gasteiger partial charge in [0.2, 0.25) is 5.91 Å². The van der Waals surface area contributed by atoms with E-state index in [1.807, 2.05) is 12.3 Å². The molecule has 0 saturated heterocycles. The van der Waals surface area contributed by atoms with Crippen molar-refractivity contribution in [1.82, 2.24) is 4.98 Å². The molecular formula is C15H19N3O3S. The summed E-state index contributed by atoms with van der Waals surface area (Å²) in [6.45, 7) is 1.87. The van der Waals surface area contributed by atoms with E-state index in [2.05, 4.69) is 10.3 Å². The molecule has 6 nitrogen and oxygen atoms in total. The summed E-state index contributed by atoms with van der Waals surface area (Å²) in [6, 6.07) is 5.09. The van der Waals surface area contributed by atoms with Crippen molar-refractivity contribution in [2.45, 2.75) is 19.4 Å². The highest BCUT2D eigenvalue weighted by Crippen LogP contribution is 2.29. The summed E-state index contributed by atoms with van der Waals surface area (Å²) in [5, 5.41) is 5.50. The molecule has 1 unspecified atom stereocenters. The minimum atomic E-state index is -0.145. The monoisotopic (exact) mass is 321 g/mol. The van der Waals surface area contributed by atoms with Crippen molar-refractivity contribution in [2.24, 2.45) is 5.73 Å². The first-order valence-corrected chi connectivity index (χ1v) is 7.63. The van der Waals surface area contributed by atoms with E-state index in [1.165, 1.54) is 11.3 Å². The SMILES string of the molecule is COc1ccc(NC(=O)Cc2csc(C(C)N)n2)cc1OC. The average Bonchev–Trinajstić information content (AvgIpc) is 2.95. The predicted octanol–water partition coefficient (Wildman–Crippen LogP) is 2.36. The number of nitrogens with zero attached hydrogens (tertiary/aromatic N) is 1. The van der Waals surface area contributed by atoms with Crippen LogP contribution in [0.4, 0.5) is 5.69 Å². The molecule has 2 rings (SSSR count). The Hall–Kier alpha value is -2.12. The van der Waals surface area contributed by atoms with Gasteiger partial charge in [-0.25, -0.2) is 4.98 Å². The lowest BCUT2D eigenvalue weighted by atomic mass is 10.2. The van der Waals surface area contributed by atoms with Crippen LogP contribution >= 0.6 is 11.3 Å². The summed E-state index contributed by atoms with van der Waals surface area (Å²) in [6.07, 6.45) is 0.206. The number of hydrogen-bond acceptors (Lipinski definition) is 6. The van der Waals surface area contributed by atoms with Crippen LogP contribution in [0.5, 0.6) is 11.5 Å². The minimum absolute atomic E-state index is 0.118. The minimum Gasteiger partial charge on any atom is -0.493 e. The molecule has 22 heavy (non-hydrogen) atoms. The molecule has 0 bridgehead atoms. The van der Waals surface area contributed by atoms with E-state index in [1.54, 1.807) is 32.4 Å². The number of aromatic nitrogens is 1. The van der Waals surface area contributed by atoms with Gasteiger partial charge in [0.15, 0.2) is 11.5 Å². The molecule has 1 aromatic carbocycles. The molecule has 1 amide bonds. The van der Waals surface area contributed by atoms with E-state index in [0.29, 0.717) is 17.2 Å². The van der Waals surface area contributed by atoms with Crippen LogP contribution in [0.3, 0.4) is 0 Å². The Morgan fingerprint density at radius 3 is 2.68 bits per heavy atom. The van der Waals surface area contributed by atoms with Gasteiger partial charge in [-0.2, -0.15) is 0 Å². The van der Waals surface area contributed by atoms with Crippen LogP contribution < -0.4 is 20.5 Å². The molecule has 118 valence electrons. The highest BCUT2D eigenvalue weighted by Gasteiger charge is 2.11. The Balaban J connectivity index is 2.02. The van der Waals surface area contributed by atoms with E-state index >= 15 is 0 Å². The molecule has 7 heteroatoms. The van der Waals surface area contributed by atoms with Crippen LogP contribution in [0.15, 0.2) is 23.6 Å². The van der Waals surface area contributed by atoms with Gasteiger partial charge >= 0.3 is 0 Å². The summed E-state index contributed by atoms with van der Waals surface area (Å²) >= 11 is 1.46. The van der Waals surface area contributed by atoms with Crippen molar-refractivity contribution < 1.29 is 14.3 Å². The van der Waals surface area contributed by atoms with Crippen LogP contribution in [-0.2, 0) is 11.2 Å². The maximum atomic E-state index is 12.1. The number of anilines is 1. The van der Waals surface area contributed by atoms with Gasteiger partial charge in [0.05, 0.1) is 32.4 Å². The molecule has 0 aliphatic carbocycles. The lowest BCUT2D eigenvalue weighted by Gasteiger charge is -2.10. The molecule has 2 aromatic rings. The van der Waals surface area contributed by atoms with E-state index in [9.17, 15) is 4.79 Å². The number of ether oxygens (including phenoxy) is 2. The summed E-state index contributed by atoms with van der Waals surface area (Å²) < 4.78 is 10.4. The fourth-order valence-electron chi connectivity index (χ4n) is 1.90. The van der Waals surface area contributed by atoms with Crippen molar-refractivity contribution in [2.75, 3.05) is 19.5 Å². The van der Waals surface area contributed by atoms with E-state index < -0.39 is 0 Å². The van der Waals surface area contributed by atoms with Gasteiger partial charge in [-0.15, -0.1) is 11.3 Å². The lowest BCUT2D eigenvalue weighted by Crippen LogP contribution is -2.15. The standard InChI is InChI=1S/C15H19N3O3S/c1-9(16)15-18-11(8-22-15)7-14(19)17-10-4-5-12(20-2)13(6-10)21-3/h4-6,8-9H,7,16H2,1-3H3,(H,17,19). The number of carbonyl (C=O) groups is 1. The summed E-state index contributed by atoms with van der Waals surface area (Å²) in [7, 11) is 3.11. The van der Waals surface area contributed by atoms with E-state index in [4.69, 9.17) is 15.2 Å². The van der Waals surface area contributed by atoms with Crippen LogP contribution in [0.25, 0.3) is 0 Å². The summed E-state index contributed by atoms with van der Waals surface area (Å²) in [4.78, 5) is 16.4. The number of amides is 1. The predicted molar refractivity (Wildman–Crippen MR) is 86.6 cm³/mol. The quantitative estimate of drug-likeness (QED) is 0.853. The van der Waals surface area contributed by atoms with Crippen LogP contribution in [0, 0.1) is 0 Å². The number of nitrogens with two attached hydrogens (primary N) is 1. The number of rotatable bonds is 6. The highest BCUT2D eigenvalue weighted by molar-refractivity contribution is 7.09. The van der Waals surface area contributed by atoms with Gasteiger partial charge in [0.25, 0.3) is 0 Å². The van der Waals surface area contributed by atoms with Gasteiger partial charge in [-0.3, -0.25) is 4.79 Å². The summed E-state index contributed by atoms with van der Waals surface area (Å²) in [5.74, 6) is 1.03. The third-order valence-corrected chi connectivity index (χ3v) is 4.06. The molecule has 0 spiro atoms. The zero-order chi connectivity index (χ0) is 16.1. The molecule has 0 aliphatic rings. The lowest BCUT2D eigenvalue weighted by molar-refractivity contribution is -0.115. The maximum Gasteiger partial charge on any atom is 0.230 e. The van der Waals surface area contributed by atoms with Crippen molar-refractivity contribution in [1.29, 1.82) is 0 Å². The molecule has 0 saturated carbocycles. The molecular weight excluding hydrogens is 302 g/mol. The van der Waals surface area contributed by atoms with Gasteiger partial charge < -0.3 is 20.5 Å². The highest BCUT2D eigenvalue weighted by atomic mass is 32.1. The normalized spacial score (nSPS) is 11.8. The second-order valence-electron chi connectivity index (χ2n) is 4.76. The van der Waals surface area contributed by atoms with Crippen molar-refractivity contribution >= 4 is 22.9 Å². The molecule has 1 atom stereocenters. The topological polar surface area (TPSA) is 86.5 Å². The van der Waals surface area contributed by atoms with E-state index in [-0.39, 0.29) is 18.4 Å². The van der Waals surface area contributed by atoms with Crippen LogP contribution in [0.2, 0.25) is 0 Å². The number of carbonyl (C=O) groups excluding carboxylic acids is 1. The van der Waals surface area contributed by atoms with Gasteiger partial charge in [-0.05, 0) is 19.1 Å². The second kappa shape index (κ2) is 7.24. The molecule has 0 fully saturated rings. The Labute approximate surface area is 133 Å². The van der Waals surface area contributed by atoms with Crippen molar-refractivity contribution in [3.63, 3.8) is 0 Å². The van der Waals surface area contributed by atoms with Gasteiger partial charge in [0, 0.05) is 17.1 Å². The van der Waals surface area contributed by atoms with Gasteiger partial charge in [0.1, 0.15) is 5.01 Å². The first kappa shape index (κ1) is 16.3. The Morgan fingerprint density at radius 1 is 1.36 bits per heavy atom. The Kier molecular flexibility index (Phi) is 5.35. The number of hydrogen-bond donors (Lipinski definition) is 2.